The molecule has 0 radical (unpaired) electrons. The predicted molar refractivity (Wildman–Crippen MR) is 426 cm³/mol. The predicted octanol–water partition coefficient (Wildman–Crippen LogP) is 5.56. The van der Waals surface area contributed by atoms with E-state index in [2.05, 4.69) is 13.8 Å². The maximum atomic E-state index is 10.3. The fourth-order valence-electron chi connectivity index (χ4n) is 14.6. The number of aliphatic hydroxyl groups excluding tert-OH is 1. The number of hydrogen-bond acceptors (Lipinski definition) is 32. The molecular weight excluding hydrogens is 1480 g/mol. The van der Waals surface area contributed by atoms with Crippen LogP contribution in [-0.2, 0) is 147 Å². The van der Waals surface area contributed by atoms with Crippen molar-refractivity contribution in [2.75, 3.05) is 426 Å². The van der Waals surface area contributed by atoms with Crippen molar-refractivity contribution < 1.29 is 152 Å². The largest absolute Gasteiger partial charge is 0.396 e. The van der Waals surface area contributed by atoms with Crippen LogP contribution in [0.5, 0.6) is 0 Å². The topological polar surface area (TPSA) is 306 Å². The molecule has 0 aromatic heterocycles. The lowest BCUT2D eigenvalue weighted by Crippen LogP contribution is -2.48. The Bertz CT molecular complexity index is 2080. The van der Waals surface area contributed by atoms with Crippen LogP contribution in [-0.4, -0.2) is 431 Å². The summed E-state index contributed by atoms with van der Waals surface area (Å²) in [7, 11) is 32.8. The second-order valence-electron chi connectivity index (χ2n) is 32.4. The standard InChI is InChI=1S/C81H164O32/c1-24-27-28-103-53-73(32-85-6,33-86-7)54-106-57-75(36-89-10,37-90-11)58-108-61-77(40-93-14,41-94-15)62-110-65-79(44-97-18,45-98-19)66-112-69-81(48-101-22,49-102-23)70-113-68-80(46-99-20,47-100-21)67-111-64-78(42-95-16,43-96-17)63-109-60-76(38-91-12,39-92-13)59-107-56-74(34-87-8,35-88-9)55-105-52-72(26-3,31-84-5)51-104-50-71(25-2,29-82)30-83-4/h82H,24-70H2,1-23H3. The minimum atomic E-state index is -0.810. The fraction of sp³-hybridized carbons (Fsp3) is 1.00. The summed E-state index contributed by atoms with van der Waals surface area (Å²) in [5.41, 5.74) is -7.72. The summed E-state index contributed by atoms with van der Waals surface area (Å²) >= 11 is 0. The third-order valence-electron chi connectivity index (χ3n) is 20.1. The average molecular weight is 1650 g/mol. The first-order chi connectivity index (χ1) is 54.5. The molecular formula is C81H164O32. The molecule has 0 saturated heterocycles. The van der Waals surface area contributed by atoms with Crippen LogP contribution in [0, 0.1) is 59.6 Å². The Balaban J connectivity index is 6.76. The molecule has 0 aliphatic rings. The highest BCUT2D eigenvalue weighted by molar-refractivity contribution is 4.91. The van der Waals surface area contributed by atoms with Gasteiger partial charge in [0.05, 0.1) is 326 Å². The van der Waals surface area contributed by atoms with E-state index >= 15 is 0 Å². The van der Waals surface area contributed by atoms with Crippen molar-refractivity contribution in [2.45, 2.75) is 46.5 Å². The van der Waals surface area contributed by atoms with Crippen LogP contribution in [0.4, 0.5) is 0 Å². The molecule has 32 heteroatoms. The summed E-state index contributed by atoms with van der Waals surface area (Å²) in [6.07, 6.45) is 3.37. The van der Waals surface area contributed by atoms with E-state index in [1.807, 2.05) is 6.92 Å². The lowest BCUT2D eigenvalue weighted by atomic mass is 9.86. The summed E-state index contributed by atoms with van der Waals surface area (Å²) in [6.45, 7) is 16.8. The van der Waals surface area contributed by atoms with Crippen molar-refractivity contribution in [3.8, 4) is 0 Å². The van der Waals surface area contributed by atoms with E-state index in [-0.39, 0.29) is 218 Å². The van der Waals surface area contributed by atoms with Gasteiger partial charge >= 0.3 is 0 Å². The first-order valence-corrected chi connectivity index (χ1v) is 39.3. The molecule has 0 aliphatic carbocycles. The quantitative estimate of drug-likeness (QED) is 0.0729. The Morgan fingerprint density at radius 1 is 0.150 bits per heavy atom. The number of ether oxygens (including phenoxy) is 31. The fourth-order valence-corrected chi connectivity index (χ4v) is 14.6. The average Bonchev–Trinajstić information content (AvgIpc) is 0.840. The minimum Gasteiger partial charge on any atom is -0.396 e. The van der Waals surface area contributed by atoms with Crippen LogP contribution < -0.4 is 0 Å². The smallest absolute Gasteiger partial charge is 0.0637 e. The molecule has 2 atom stereocenters. The minimum absolute atomic E-state index is 0.0599. The highest BCUT2D eigenvalue weighted by Gasteiger charge is 2.45. The first-order valence-electron chi connectivity index (χ1n) is 39.3. The van der Waals surface area contributed by atoms with E-state index < -0.39 is 59.6 Å². The molecule has 0 amide bonds. The van der Waals surface area contributed by atoms with Crippen LogP contribution >= 0.6 is 0 Å². The second kappa shape index (κ2) is 65.4. The van der Waals surface area contributed by atoms with Gasteiger partial charge in [0.2, 0.25) is 0 Å². The summed E-state index contributed by atoms with van der Waals surface area (Å²) < 4.78 is 189. The van der Waals surface area contributed by atoms with Gasteiger partial charge in [0.15, 0.2) is 0 Å². The van der Waals surface area contributed by atoms with Gasteiger partial charge in [0, 0.05) is 160 Å². The lowest BCUT2D eigenvalue weighted by Gasteiger charge is -2.39. The molecule has 32 nitrogen and oxygen atoms in total. The monoisotopic (exact) mass is 1650 g/mol. The van der Waals surface area contributed by atoms with Crippen molar-refractivity contribution in [2.24, 2.45) is 59.6 Å². The summed E-state index contributed by atoms with van der Waals surface area (Å²) in [5.74, 6) is 0. The van der Waals surface area contributed by atoms with Crippen LogP contribution in [0.25, 0.3) is 0 Å². The highest BCUT2D eigenvalue weighted by atomic mass is 16.6. The van der Waals surface area contributed by atoms with Gasteiger partial charge in [0.25, 0.3) is 0 Å². The number of rotatable bonds is 88. The molecule has 2 unspecified atom stereocenters. The van der Waals surface area contributed by atoms with Gasteiger partial charge in [-0.15, -0.1) is 0 Å². The van der Waals surface area contributed by atoms with Gasteiger partial charge in [-0.3, -0.25) is 0 Å². The van der Waals surface area contributed by atoms with Gasteiger partial charge in [-0.2, -0.15) is 0 Å². The first kappa shape index (κ1) is 112. The molecule has 0 spiro atoms. The van der Waals surface area contributed by atoms with Crippen LogP contribution in [0.15, 0.2) is 0 Å². The van der Waals surface area contributed by atoms with Crippen LogP contribution in [0.2, 0.25) is 0 Å². The second-order valence-corrected chi connectivity index (χ2v) is 32.4. The van der Waals surface area contributed by atoms with Crippen molar-refractivity contribution in [1.29, 1.82) is 0 Å². The van der Waals surface area contributed by atoms with Gasteiger partial charge in [-0.25, -0.2) is 0 Å². The molecule has 0 rings (SSSR count). The zero-order chi connectivity index (χ0) is 84.7. The molecule has 113 heavy (non-hydrogen) atoms. The maximum Gasteiger partial charge on any atom is 0.0637 e. The van der Waals surface area contributed by atoms with E-state index in [9.17, 15) is 5.11 Å². The Hall–Kier alpha value is -1.28. The Morgan fingerprint density at radius 3 is 0.389 bits per heavy atom. The van der Waals surface area contributed by atoms with E-state index in [0.717, 1.165) is 12.8 Å². The summed E-state index contributed by atoms with van der Waals surface area (Å²) in [6, 6.07) is 0. The molecule has 0 bridgehead atoms. The van der Waals surface area contributed by atoms with Gasteiger partial charge < -0.3 is 152 Å². The molecule has 1 N–H and O–H groups in total. The molecule has 0 aromatic carbocycles. The van der Waals surface area contributed by atoms with E-state index in [1.165, 1.54) is 0 Å². The zero-order valence-corrected chi connectivity index (χ0v) is 74.8. The van der Waals surface area contributed by atoms with Crippen LogP contribution in [0.3, 0.4) is 0 Å². The van der Waals surface area contributed by atoms with Crippen molar-refractivity contribution in [3.05, 3.63) is 0 Å². The maximum absolute atomic E-state index is 10.3. The zero-order valence-electron chi connectivity index (χ0n) is 74.8. The van der Waals surface area contributed by atoms with Gasteiger partial charge in [0.1, 0.15) is 0 Å². The van der Waals surface area contributed by atoms with Gasteiger partial charge in [-0.05, 0) is 19.3 Å². The number of hydrogen-bond donors (Lipinski definition) is 1. The molecule has 0 saturated carbocycles. The molecule has 680 valence electrons. The normalized spacial score (nSPS) is 14.4. The number of unbranched alkanes of at least 4 members (excludes halogenated alkanes) is 1. The van der Waals surface area contributed by atoms with Gasteiger partial charge in [-0.1, -0.05) is 27.2 Å². The van der Waals surface area contributed by atoms with Crippen LogP contribution in [0.1, 0.15) is 46.5 Å². The van der Waals surface area contributed by atoms with E-state index in [0.29, 0.717) is 78.9 Å². The molecule has 0 aromatic rings. The molecule has 0 heterocycles. The van der Waals surface area contributed by atoms with Crippen molar-refractivity contribution >= 4 is 0 Å². The third kappa shape index (κ3) is 42.9. The van der Waals surface area contributed by atoms with E-state index in [1.54, 1.807) is 142 Å². The Morgan fingerprint density at radius 2 is 0.265 bits per heavy atom. The van der Waals surface area contributed by atoms with Crippen molar-refractivity contribution in [3.63, 3.8) is 0 Å². The molecule has 0 fully saturated rings. The Kier molecular flexibility index (Phi) is 64.7. The lowest BCUT2D eigenvalue weighted by molar-refractivity contribution is -0.164. The number of methoxy groups -OCH3 is 20. The molecule has 0 aliphatic heterocycles. The summed E-state index contributed by atoms with van der Waals surface area (Å²) in [4.78, 5) is 0. The van der Waals surface area contributed by atoms with Crippen molar-refractivity contribution in [1.82, 2.24) is 0 Å². The SMILES string of the molecule is CCCCOCC(COC)(COC)COCC(COC)(COC)COCC(COC)(COC)COCC(COC)(COC)COCC(COC)(COC)COCC(COC)(COC)COCC(COC)(COC)COCC(COC)(COC)COCC(COC)(COC)COCC(CC)(COC)COCC(CC)(CO)COC. The summed E-state index contributed by atoms with van der Waals surface area (Å²) in [5, 5.41) is 10.3. The Labute approximate surface area is 681 Å². The highest BCUT2D eigenvalue weighted by Crippen LogP contribution is 2.35. The number of aliphatic hydroxyl groups is 1. The third-order valence-corrected chi connectivity index (χ3v) is 20.1. The van der Waals surface area contributed by atoms with E-state index in [4.69, 9.17) is 147 Å².